The Morgan fingerprint density at radius 2 is 1.12 bits per heavy atom. The van der Waals surface area contributed by atoms with E-state index in [1.807, 2.05) is 0 Å². The van der Waals surface area contributed by atoms with Gasteiger partial charge in [0.15, 0.2) is 0 Å². The first-order valence-electron chi connectivity index (χ1n) is 14.9. The van der Waals surface area contributed by atoms with Crippen molar-refractivity contribution < 1.29 is 9.05 Å². The first kappa shape index (κ1) is 24.6. The van der Waals surface area contributed by atoms with E-state index in [-0.39, 0.29) is 17.5 Å². The zero-order valence-electron chi connectivity index (χ0n) is 23.3. The van der Waals surface area contributed by atoms with Crippen LogP contribution in [-0.4, -0.2) is 4.67 Å². The molecule has 4 heteroatoms. The second-order valence-corrected chi connectivity index (χ2v) is 13.5. The van der Waals surface area contributed by atoms with Crippen molar-refractivity contribution in [3.05, 3.63) is 130 Å². The van der Waals surface area contributed by atoms with Crippen LogP contribution in [0.5, 0.6) is 11.5 Å². The van der Waals surface area contributed by atoms with Gasteiger partial charge in [-0.1, -0.05) is 91.3 Å². The maximum absolute atomic E-state index is 7.22. The lowest BCUT2D eigenvalue weighted by Gasteiger charge is -2.46. The molecule has 0 saturated heterocycles. The summed E-state index contributed by atoms with van der Waals surface area (Å²) in [7, 11) is -1.47. The molecule has 0 bridgehead atoms. The predicted octanol–water partition coefficient (Wildman–Crippen LogP) is 9.32. The van der Waals surface area contributed by atoms with Gasteiger partial charge < -0.3 is 9.05 Å². The van der Waals surface area contributed by atoms with Crippen LogP contribution in [0.1, 0.15) is 78.6 Å². The van der Waals surface area contributed by atoms with Gasteiger partial charge in [0.05, 0.1) is 0 Å². The molecule has 8 rings (SSSR count). The van der Waals surface area contributed by atoms with Crippen LogP contribution in [0.3, 0.4) is 0 Å². The first-order valence-corrected chi connectivity index (χ1v) is 16.1. The molecule has 40 heavy (non-hydrogen) atoms. The summed E-state index contributed by atoms with van der Waals surface area (Å²) in [6.07, 6.45) is 6.21. The fourth-order valence-corrected chi connectivity index (χ4v) is 10.3. The van der Waals surface area contributed by atoms with Crippen LogP contribution in [0.25, 0.3) is 0 Å². The van der Waals surface area contributed by atoms with Crippen LogP contribution in [0.4, 0.5) is 0 Å². The third-order valence-electron chi connectivity index (χ3n) is 10.3. The van der Waals surface area contributed by atoms with Gasteiger partial charge in [-0.25, -0.2) is 4.67 Å². The molecule has 3 aliphatic carbocycles. The quantitative estimate of drug-likeness (QED) is 0.233. The van der Waals surface area contributed by atoms with E-state index in [4.69, 9.17) is 9.05 Å². The zero-order chi connectivity index (χ0) is 26.8. The highest BCUT2D eigenvalue weighted by atomic mass is 31.2. The largest absolute Gasteiger partial charge is 0.427 e. The predicted molar refractivity (Wildman–Crippen MR) is 162 cm³/mol. The summed E-state index contributed by atoms with van der Waals surface area (Å²) in [6, 6.07) is 35.4. The molecule has 3 nitrogen and oxygen atoms in total. The molecular formula is C36H36NO2P. The molecule has 0 N–H and O–H groups in total. The van der Waals surface area contributed by atoms with Crippen molar-refractivity contribution >= 4 is 8.53 Å². The fourth-order valence-electron chi connectivity index (χ4n) is 8.65. The molecule has 1 spiro atoms. The lowest BCUT2D eigenvalue weighted by atomic mass is 9.59. The fraction of sp³-hybridized carbons (Fsp3) is 0.333. The van der Waals surface area contributed by atoms with E-state index in [0.29, 0.717) is 11.8 Å². The number of hydrogen-bond acceptors (Lipinski definition) is 3. The molecule has 4 atom stereocenters. The molecule has 1 aliphatic heterocycles. The SMILES string of the molecule is C[C@H](c1ccccc1)N([C@H](C)c1ccccc1)P1Oc2cccc3c2C24c5c(cccc5O1)C[C@@H]2CCC[C@H]4C3. The maximum atomic E-state index is 7.22. The molecule has 202 valence electrons. The summed E-state index contributed by atoms with van der Waals surface area (Å²) in [5, 5.41) is 0. The standard InChI is InChI=1S/C36H36NO2P/c1-24(26-12-5-3-6-13-26)37(25(2)27-14-7-4-8-15-27)40-38-32-20-9-16-28-22-30-18-11-19-31-23-29-17-10-21-33(39-40)35(29)36(30,31)34(28)32/h3-10,12-17,20-21,24-25,30-31H,11,18-19,22-23H2,1-2H3/t24-,25-,30+,31+,36?/m1/s1. The van der Waals surface area contributed by atoms with E-state index in [1.54, 1.807) is 0 Å². The van der Waals surface area contributed by atoms with Crippen molar-refractivity contribution in [1.29, 1.82) is 0 Å². The Labute approximate surface area is 239 Å². The minimum Gasteiger partial charge on any atom is -0.427 e. The van der Waals surface area contributed by atoms with Crippen LogP contribution >= 0.6 is 8.53 Å². The molecule has 1 fully saturated rings. The van der Waals surface area contributed by atoms with Crippen molar-refractivity contribution in [3.8, 4) is 11.5 Å². The van der Waals surface area contributed by atoms with Crippen molar-refractivity contribution in [2.45, 2.75) is 63.5 Å². The van der Waals surface area contributed by atoms with E-state index in [2.05, 4.69) is 116 Å². The molecule has 4 aromatic rings. The highest BCUT2D eigenvalue weighted by molar-refractivity contribution is 7.45. The Morgan fingerprint density at radius 3 is 1.60 bits per heavy atom. The van der Waals surface area contributed by atoms with Crippen molar-refractivity contribution in [3.63, 3.8) is 0 Å². The van der Waals surface area contributed by atoms with Crippen LogP contribution in [0.2, 0.25) is 0 Å². The van der Waals surface area contributed by atoms with Crippen molar-refractivity contribution in [1.82, 2.24) is 4.67 Å². The second kappa shape index (κ2) is 9.47. The third kappa shape index (κ3) is 3.50. The van der Waals surface area contributed by atoms with Gasteiger partial charge in [-0.2, -0.15) is 0 Å². The van der Waals surface area contributed by atoms with E-state index >= 15 is 0 Å². The van der Waals surface area contributed by atoms with E-state index in [0.717, 1.165) is 24.3 Å². The molecule has 0 aromatic heterocycles. The molecule has 4 aliphatic rings. The monoisotopic (exact) mass is 545 g/mol. The summed E-state index contributed by atoms with van der Waals surface area (Å²) in [4.78, 5) is 0. The average Bonchev–Trinajstić information content (AvgIpc) is 3.52. The van der Waals surface area contributed by atoms with Gasteiger partial charge in [0.1, 0.15) is 11.5 Å². The smallest absolute Gasteiger partial charge is 0.385 e. The van der Waals surface area contributed by atoms with Crippen LogP contribution in [0, 0.1) is 11.8 Å². The highest BCUT2D eigenvalue weighted by Crippen LogP contribution is 2.69. The molecule has 1 saturated carbocycles. The normalized spacial score (nSPS) is 27.0. The van der Waals surface area contributed by atoms with Gasteiger partial charge in [0.2, 0.25) is 0 Å². The highest BCUT2D eigenvalue weighted by Gasteiger charge is 2.61. The topological polar surface area (TPSA) is 21.7 Å². The zero-order valence-corrected chi connectivity index (χ0v) is 24.2. The minimum atomic E-state index is -1.47. The molecule has 1 heterocycles. The minimum absolute atomic E-state index is 0.0262. The van der Waals surface area contributed by atoms with E-state index in [1.165, 1.54) is 52.6 Å². The average molecular weight is 546 g/mol. The van der Waals surface area contributed by atoms with Crippen LogP contribution < -0.4 is 9.05 Å². The summed E-state index contributed by atoms with van der Waals surface area (Å²) in [6.45, 7) is 4.59. The summed E-state index contributed by atoms with van der Waals surface area (Å²) in [5.41, 5.74) is 8.50. The van der Waals surface area contributed by atoms with E-state index in [9.17, 15) is 0 Å². The van der Waals surface area contributed by atoms with E-state index < -0.39 is 8.53 Å². The van der Waals surface area contributed by atoms with Gasteiger partial charge in [-0.3, -0.25) is 0 Å². The first-order chi connectivity index (χ1) is 19.7. The lowest BCUT2D eigenvalue weighted by Crippen LogP contribution is -2.42. The lowest BCUT2D eigenvalue weighted by molar-refractivity contribution is 0.168. The Hall–Kier alpha value is -3.13. The molecule has 0 amide bonds. The van der Waals surface area contributed by atoms with Gasteiger partial charge in [-0.15, -0.1) is 0 Å². The third-order valence-corrected chi connectivity index (χ3v) is 12.1. The summed E-state index contributed by atoms with van der Waals surface area (Å²) >= 11 is 0. The van der Waals surface area contributed by atoms with Gasteiger partial charge in [0, 0.05) is 28.6 Å². The Balaban J connectivity index is 1.32. The van der Waals surface area contributed by atoms with Gasteiger partial charge >= 0.3 is 8.53 Å². The van der Waals surface area contributed by atoms with Gasteiger partial charge in [0.25, 0.3) is 0 Å². The Bertz CT molecular complexity index is 1440. The molecular weight excluding hydrogens is 509 g/mol. The maximum Gasteiger partial charge on any atom is 0.385 e. The number of rotatable bonds is 5. The van der Waals surface area contributed by atoms with Crippen LogP contribution in [0.15, 0.2) is 97.1 Å². The van der Waals surface area contributed by atoms with Crippen molar-refractivity contribution in [2.75, 3.05) is 0 Å². The second-order valence-electron chi connectivity index (χ2n) is 12.2. The number of hydrogen-bond donors (Lipinski definition) is 0. The summed E-state index contributed by atoms with van der Waals surface area (Å²) < 4.78 is 16.9. The van der Waals surface area contributed by atoms with Crippen molar-refractivity contribution in [2.24, 2.45) is 11.8 Å². The summed E-state index contributed by atoms with van der Waals surface area (Å²) in [5.74, 6) is 3.35. The molecule has 4 aromatic carbocycles. The number of nitrogens with zero attached hydrogens (tertiary/aromatic N) is 1. The Morgan fingerprint density at radius 1 is 0.650 bits per heavy atom. The molecule has 0 unspecified atom stereocenters. The Kier molecular flexibility index (Phi) is 5.83. The number of benzene rings is 4. The van der Waals surface area contributed by atoms with Crippen LogP contribution in [-0.2, 0) is 18.3 Å². The molecule has 0 radical (unpaired) electrons. The van der Waals surface area contributed by atoms with Gasteiger partial charge in [-0.05, 0) is 85.8 Å².